The SMILES string of the molecule is CN=C(NCCc1cn2ccccc2n1)NCc1ccc(C)cc1OC1CCOC1.I. The maximum atomic E-state index is 6.19. The normalized spacial score (nSPS) is 16.2. The van der Waals surface area contributed by atoms with Crippen molar-refractivity contribution >= 4 is 35.6 Å². The van der Waals surface area contributed by atoms with Gasteiger partial charge in [-0.2, -0.15) is 0 Å². The van der Waals surface area contributed by atoms with E-state index < -0.39 is 0 Å². The van der Waals surface area contributed by atoms with Crippen molar-refractivity contribution in [1.29, 1.82) is 0 Å². The summed E-state index contributed by atoms with van der Waals surface area (Å²) in [6.45, 7) is 4.90. The minimum atomic E-state index is 0. The van der Waals surface area contributed by atoms with E-state index in [9.17, 15) is 0 Å². The van der Waals surface area contributed by atoms with Crippen LogP contribution >= 0.6 is 24.0 Å². The number of fused-ring (bicyclic) bond motifs is 1. The van der Waals surface area contributed by atoms with Gasteiger partial charge in [0, 0.05) is 50.9 Å². The van der Waals surface area contributed by atoms with Gasteiger partial charge in [-0.15, -0.1) is 24.0 Å². The van der Waals surface area contributed by atoms with Crippen LogP contribution in [0.15, 0.2) is 53.8 Å². The molecular formula is C23H30IN5O2. The van der Waals surface area contributed by atoms with Gasteiger partial charge in [0.2, 0.25) is 0 Å². The van der Waals surface area contributed by atoms with Gasteiger partial charge < -0.3 is 24.5 Å². The average Bonchev–Trinajstić information content (AvgIpc) is 3.41. The summed E-state index contributed by atoms with van der Waals surface area (Å²) in [6.07, 6.45) is 5.97. The Balaban J connectivity index is 0.00000272. The lowest BCUT2D eigenvalue weighted by Gasteiger charge is -2.18. The number of aryl methyl sites for hydroxylation is 1. The minimum absolute atomic E-state index is 0. The molecule has 1 fully saturated rings. The van der Waals surface area contributed by atoms with Gasteiger partial charge in [0.1, 0.15) is 17.5 Å². The highest BCUT2D eigenvalue weighted by molar-refractivity contribution is 14.0. The number of nitrogens with one attached hydrogen (secondary N) is 2. The first-order chi connectivity index (χ1) is 14.7. The molecule has 1 aliphatic rings. The lowest BCUT2D eigenvalue weighted by molar-refractivity contribution is 0.140. The molecular weight excluding hydrogens is 505 g/mol. The van der Waals surface area contributed by atoms with Crippen molar-refractivity contribution in [3.05, 3.63) is 65.6 Å². The summed E-state index contributed by atoms with van der Waals surface area (Å²) in [7, 11) is 1.78. The van der Waals surface area contributed by atoms with E-state index in [1.54, 1.807) is 7.05 Å². The zero-order chi connectivity index (χ0) is 20.8. The average molecular weight is 535 g/mol. The minimum Gasteiger partial charge on any atom is -0.488 e. The molecule has 166 valence electrons. The first kappa shape index (κ1) is 23.3. The molecule has 31 heavy (non-hydrogen) atoms. The van der Waals surface area contributed by atoms with Crippen LogP contribution in [0.25, 0.3) is 5.65 Å². The van der Waals surface area contributed by atoms with E-state index in [0.717, 1.165) is 54.6 Å². The molecule has 0 spiro atoms. The molecule has 0 amide bonds. The number of pyridine rings is 1. The highest BCUT2D eigenvalue weighted by Gasteiger charge is 2.18. The molecule has 8 heteroatoms. The fourth-order valence-corrected chi connectivity index (χ4v) is 3.52. The summed E-state index contributed by atoms with van der Waals surface area (Å²) in [6, 6.07) is 12.3. The summed E-state index contributed by atoms with van der Waals surface area (Å²) >= 11 is 0. The van der Waals surface area contributed by atoms with E-state index in [1.165, 1.54) is 5.56 Å². The van der Waals surface area contributed by atoms with Crippen LogP contribution < -0.4 is 15.4 Å². The van der Waals surface area contributed by atoms with Crippen molar-refractivity contribution < 1.29 is 9.47 Å². The number of halogens is 1. The van der Waals surface area contributed by atoms with Crippen molar-refractivity contribution in [3.8, 4) is 5.75 Å². The molecule has 2 N–H and O–H groups in total. The Labute approximate surface area is 200 Å². The molecule has 1 unspecified atom stereocenters. The molecule has 0 bridgehead atoms. The number of ether oxygens (including phenoxy) is 2. The third-order valence-electron chi connectivity index (χ3n) is 5.16. The van der Waals surface area contributed by atoms with Crippen molar-refractivity contribution in [3.63, 3.8) is 0 Å². The van der Waals surface area contributed by atoms with Crippen LogP contribution in [-0.4, -0.2) is 48.3 Å². The molecule has 0 saturated carbocycles. The molecule has 1 aliphatic heterocycles. The molecule has 3 heterocycles. The van der Waals surface area contributed by atoms with Crippen LogP contribution in [0.4, 0.5) is 0 Å². The van der Waals surface area contributed by atoms with Crippen LogP contribution in [-0.2, 0) is 17.7 Å². The van der Waals surface area contributed by atoms with E-state index in [4.69, 9.17) is 9.47 Å². The van der Waals surface area contributed by atoms with Crippen LogP contribution in [0.2, 0.25) is 0 Å². The zero-order valence-electron chi connectivity index (χ0n) is 18.0. The van der Waals surface area contributed by atoms with Crippen LogP contribution in [0, 0.1) is 6.92 Å². The molecule has 1 aromatic carbocycles. The molecule has 1 saturated heterocycles. The van der Waals surface area contributed by atoms with Gasteiger partial charge in [-0.25, -0.2) is 4.98 Å². The fourth-order valence-electron chi connectivity index (χ4n) is 3.52. The van der Waals surface area contributed by atoms with Crippen molar-refractivity contribution in [1.82, 2.24) is 20.0 Å². The number of aromatic nitrogens is 2. The van der Waals surface area contributed by atoms with Gasteiger partial charge in [-0.05, 0) is 30.7 Å². The Morgan fingerprint density at radius 1 is 1.29 bits per heavy atom. The zero-order valence-corrected chi connectivity index (χ0v) is 20.3. The summed E-state index contributed by atoms with van der Waals surface area (Å²) in [4.78, 5) is 8.97. The van der Waals surface area contributed by atoms with E-state index >= 15 is 0 Å². The molecule has 2 aromatic heterocycles. The lowest BCUT2D eigenvalue weighted by Crippen LogP contribution is -2.38. The second-order valence-corrected chi connectivity index (χ2v) is 7.52. The number of aliphatic imine (C=N–C) groups is 1. The number of nitrogens with zero attached hydrogens (tertiary/aromatic N) is 3. The van der Waals surface area contributed by atoms with Gasteiger partial charge in [0.15, 0.2) is 5.96 Å². The van der Waals surface area contributed by atoms with Gasteiger partial charge in [-0.1, -0.05) is 18.2 Å². The topological polar surface area (TPSA) is 72.2 Å². The molecule has 0 aliphatic carbocycles. The van der Waals surface area contributed by atoms with Gasteiger partial charge in [0.05, 0.1) is 18.9 Å². The number of hydrogen-bond acceptors (Lipinski definition) is 4. The van der Waals surface area contributed by atoms with Crippen molar-refractivity contribution in [2.45, 2.75) is 32.4 Å². The molecule has 1 atom stereocenters. The van der Waals surface area contributed by atoms with E-state index in [0.29, 0.717) is 13.2 Å². The van der Waals surface area contributed by atoms with E-state index in [1.807, 2.05) is 28.8 Å². The van der Waals surface area contributed by atoms with Crippen LogP contribution in [0.3, 0.4) is 0 Å². The Morgan fingerprint density at radius 3 is 2.97 bits per heavy atom. The summed E-state index contributed by atoms with van der Waals surface area (Å²) < 4.78 is 13.7. The molecule has 7 nitrogen and oxygen atoms in total. The second-order valence-electron chi connectivity index (χ2n) is 7.52. The largest absolute Gasteiger partial charge is 0.488 e. The molecule has 3 aromatic rings. The third-order valence-corrected chi connectivity index (χ3v) is 5.16. The Kier molecular flexibility index (Phi) is 8.53. The second kappa shape index (κ2) is 11.3. The molecule has 4 rings (SSSR count). The van der Waals surface area contributed by atoms with Crippen LogP contribution in [0.5, 0.6) is 5.75 Å². The maximum Gasteiger partial charge on any atom is 0.191 e. The quantitative estimate of drug-likeness (QED) is 0.276. The monoisotopic (exact) mass is 535 g/mol. The van der Waals surface area contributed by atoms with Crippen molar-refractivity contribution in [2.75, 3.05) is 26.8 Å². The number of rotatable bonds is 7. The van der Waals surface area contributed by atoms with Gasteiger partial charge in [0.25, 0.3) is 0 Å². The smallest absolute Gasteiger partial charge is 0.191 e. The Bertz CT molecular complexity index is 981. The summed E-state index contributed by atoms with van der Waals surface area (Å²) in [5, 5.41) is 6.75. The van der Waals surface area contributed by atoms with E-state index in [2.05, 4.69) is 51.9 Å². The predicted octanol–water partition coefficient (Wildman–Crippen LogP) is 3.34. The first-order valence-corrected chi connectivity index (χ1v) is 10.4. The first-order valence-electron chi connectivity index (χ1n) is 10.4. The van der Waals surface area contributed by atoms with E-state index in [-0.39, 0.29) is 30.1 Å². The maximum absolute atomic E-state index is 6.19. The summed E-state index contributed by atoms with van der Waals surface area (Å²) in [5.41, 5.74) is 4.31. The standard InChI is InChI=1S/C23H29N5O2.HI/c1-17-6-7-18(21(13-17)30-20-9-12-29-16-20)14-26-23(24-2)25-10-8-19-15-28-11-4-3-5-22(28)27-19;/h3-7,11,13,15,20H,8-10,12,14,16H2,1-2H3,(H2,24,25,26);1H. The highest BCUT2D eigenvalue weighted by atomic mass is 127. The van der Waals surface area contributed by atoms with Gasteiger partial charge in [-0.3, -0.25) is 4.99 Å². The lowest BCUT2D eigenvalue weighted by atomic mass is 10.1. The number of imidazole rings is 1. The number of benzene rings is 1. The highest BCUT2D eigenvalue weighted by Crippen LogP contribution is 2.23. The predicted molar refractivity (Wildman–Crippen MR) is 134 cm³/mol. The van der Waals surface area contributed by atoms with Crippen LogP contribution in [0.1, 0.15) is 23.2 Å². The van der Waals surface area contributed by atoms with Crippen molar-refractivity contribution in [2.24, 2.45) is 4.99 Å². The Morgan fingerprint density at radius 2 is 2.19 bits per heavy atom. The molecule has 0 radical (unpaired) electrons. The summed E-state index contributed by atoms with van der Waals surface area (Å²) in [5.74, 6) is 1.67. The Hall–Kier alpha value is -2.33. The number of guanidine groups is 1. The van der Waals surface area contributed by atoms with Gasteiger partial charge >= 0.3 is 0 Å². The number of hydrogen-bond donors (Lipinski definition) is 2. The fraction of sp³-hybridized carbons (Fsp3) is 0.391. The third kappa shape index (κ3) is 6.33.